The van der Waals surface area contributed by atoms with Gasteiger partial charge in [-0.25, -0.2) is 9.18 Å². The molecule has 0 amide bonds. The average Bonchev–Trinajstić information content (AvgIpc) is 2.62. The number of benzene rings is 1. The van der Waals surface area contributed by atoms with Crippen LogP contribution in [0.4, 0.5) is 15.9 Å². The Balaban J connectivity index is 2.45. The van der Waals surface area contributed by atoms with Gasteiger partial charge in [-0.05, 0) is 37.1 Å². The van der Waals surface area contributed by atoms with Gasteiger partial charge < -0.3 is 10.6 Å². The van der Waals surface area contributed by atoms with Crippen LogP contribution in [0.1, 0.15) is 31.1 Å². The lowest BCUT2D eigenvalue weighted by Gasteiger charge is -2.23. The van der Waals surface area contributed by atoms with E-state index in [1.165, 1.54) is 23.7 Å². The summed E-state index contributed by atoms with van der Waals surface area (Å²) in [6.07, 6.45) is 0. The number of Topliss-reactive ketones (excluding diaryl/α,β-unsaturated/α-hetero) is 1. The maximum absolute atomic E-state index is 13.1. The molecule has 146 valence electrons. The zero-order valence-corrected chi connectivity index (χ0v) is 16.0. The third-order valence-corrected chi connectivity index (χ3v) is 4.32. The second-order valence-electron chi connectivity index (χ2n) is 6.83. The molecule has 1 heterocycles. The van der Waals surface area contributed by atoms with Gasteiger partial charge in [0.15, 0.2) is 5.78 Å². The largest absolute Gasteiger partial charge is 0.384 e. The lowest BCUT2D eigenvalue weighted by atomic mass is 10.1. The van der Waals surface area contributed by atoms with Crippen LogP contribution in [0, 0.1) is 11.7 Å². The second kappa shape index (κ2) is 8.20. The van der Waals surface area contributed by atoms with Crippen molar-refractivity contribution in [3.63, 3.8) is 0 Å². The molecule has 27 heavy (non-hydrogen) atoms. The normalized spacial score (nSPS) is 11.0. The average molecular weight is 376 g/mol. The molecule has 1 aromatic heterocycles. The van der Waals surface area contributed by atoms with E-state index in [-0.39, 0.29) is 29.7 Å². The second-order valence-corrected chi connectivity index (χ2v) is 6.83. The number of hydrogen-bond acceptors (Lipinski definition) is 5. The summed E-state index contributed by atoms with van der Waals surface area (Å²) in [6.45, 7) is 6.33. The van der Waals surface area contributed by atoms with Crippen LogP contribution in [0.25, 0.3) is 0 Å². The Hall–Kier alpha value is -2.90. The van der Waals surface area contributed by atoms with Crippen molar-refractivity contribution in [3.8, 4) is 0 Å². The molecule has 2 rings (SSSR count). The minimum absolute atomic E-state index is 0.108. The Bertz CT molecular complexity index is 945. The molecule has 0 aliphatic heterocycles. The van der Waals surface area contributed by atoms with E-state index in [0.29, 0.717) is 18.8 Å². The van der Waals surface area contributed by atoms with E-state index in [2.05, 4.69) is 0 Å². The highest BCUT2D eigenvalue weighted by molar-refractivity contribution is 6.02. The number of ketones is 1. The topological polar surface area (TPSA) is 90.3 Å². The van der Waals surface area contributed by atoms with Crippen LogP contribution in [0.2, 0.25) is 0 Å². The Kier molecular flexibility index (Phi) is 6.20. The van der Waals surface area contributed by atoms with Crippen LogP contribution < -0.4 is 21.9 Å². The fourth-order valence-corrected chi connectivity index (χ4v) is 2.88. The van der Waals surface area contributed by atoms with E-state index in [1.54, 1.807) is 17.0 Å². The van der Waals surface area contributed by atoms with Gasteiger partial charge >= 0.3 is 5.69 Å². The fourth-order valence-electron chi connectivity index (χ4n) is 2.88. The van der Waals surface area contributed by atoms with E-state index in [1.807, 2.05) is 20.8 Å². The zero-order valence-electron chi connectivity index (χ0n) is 16.0. The highest BCUT2D eigenvalue weighted by Crippen LogP contribution is 2.16. The van der Waals surface area contributed by atoms with Gasteiger partial charge in [-0.2, -0.15) is 0 Å². The predicted molar refractivity (Wildman–Crippen MR) is 104 cm³/mol. The molecule has 2 aromatic rings. The lowest BCUT2D eigenvalue weighted by Crippen LogP contribution is -2.44. The molecule has 0 atom stereocenters. The van der Waals surface area contributed by atoms with Crippen molar-refractivity contribution in [2.45, 2.75) is 27.3 Å². The van der Waals surface area contributed by atoms with Crippen molar-refractivity contribution in [1.29, 1.82) is 0 Å². The third kappa shape index (κ3) is 4.27. The molecule has 0 aliphatic rings. The lowest BCUT2D eigenvalue weighted by molar-refractivity contribution is 0.0997. The number of anilines is 2. The first-order chi connectivity index (χ1) is 12.7. The smallest absolute Gasteiger partial charge is 0.332 e. The SMILES string of the molecule is CCN(CC(=O)c1c(N)n(CC(C)C)c(=O)n(C)c1=O)c1ccc(F)cc1. The zero-order chi connectivity index (χ0) is 20.3. The van der Waals surface area contributed by atoms with Crippen molar-refractivity contribution < 1.29 is 9.18 Å². The Morgan fingerprint density at radius 3 is 2.33 bits per heavy atom. The van der Waals surface area contributed by atoms with Gasteiger partial charge in [0.05, 0.1) is 6.54 Å². The number of nitrogens with zero attached hydrogens (tertiary/aromatic N) is 3. The van der Waals surface area contributed by atoms with Crippen LogP contribution in [-0.2, 0) is 13.6 Å². The Morgan fingerprint density at radius 2 is 1.81 bits per heavy atom. The Labute approximate surface area is 156 Å². The number of carbonyl (C=O) groups excluding carboxylic acids is 1. The first-order valence-electron chi connectivity index (χ1n) is 8.80. The summed E-state index contributed by atoms with van der Waals surface area (Å²) < 4.78 is 15.3. The van der Waals surface area contributed by atoms with Crippen molar-refractivity contribution >= 4 is 17.3 Å². The summed E-state index contributed by atoms with van der Waals surface area (Å²) in [5.41, 5.74) is 5.24. The minimum atomic E-state index is -0.710. The number of nitrogens with two attached hydrogens (primary N) is 1. The highest BCUT2D eigenvalue weighted by atomic mass is 19.1. The maximum atomic E-state index is 13.1. The summed E-state index contributed by atoms with van der Waals surface area (Å²) in [4.78, 5) is 39.4. The van der Waals surface area contributed by atoms with Gasteiger partial charge in [0.25, 0.3) is 5.56 Å². The van der Waals surface area contributed by atoms with Gasteiger partial charge in [-0.3, -0.25) is 18.7 Å². The molecule has 0 saturated carbocycles. The van der Waals surface area contributed by atoms with E-state index < -0.39 is 17.0 Å². The van der Waals surface area contributed by atoms with Crippen molar-refractivity contribution in [2.75, 3.05) is 23.7 Å². The molecule has 0 fully saturated rings. The summed E-state index contributed by atoms with van der Waals surface area (Å²) in [5.74, 6) is -0.870. The van der Waals surface area contributed by atoms with Gasteiger partial charge in [-0.15, -0.1) is 0 Å². The molecule has 2 N–H and O–H groups in total. The van der Waals surface area contributed by atoms with Crippen LogP contribution >= 0.6 is 0 Å². The summed E-state index contributed by atoms with van der Waals surface area (Å²) in [6, 6.07) is 5.73. The minimum Gasteiger partial charge on any atom is -0.384 e. The molecule has 0 saturated heterocycles. The number of aromatic nitrogens is 2. The van der Waals surface area contributed by atoms with Gasteiger partial charge in [0.1, 0.15) is 17.2 Å². The molecule has 0 spiro atoms. The van der Waals surface area contributed by atoms with Gasteiger partial charge in [-0.1, -0.05) is 13.8 Å². The number of rotatable bonds is 7. The first kappa shape index (κ1) is 20.4. The molecule has 1 aromatic carbocycles. The number of nitrogen functional groups attached to an aromatic ring is 1. The number of halogens is 1. The standard InChI is InChI=1S/C19H25FN4O3/c1-5-23(14-8-6-13(20)7-9-14)11-15(25)16-17(21)24(10-12(2)3)19(27)22(4)18(16)26/h6-9,12H,5,10-11,21H2,1-4H3. The molecular weight excluding hydrogens is 351 g/mol. The van der Waals surface area contributed by atoms with Crippen LogP contribution in [0.5, 0.6) is 0 Å². The summed E-state index contributed by atoms with van der Waals surface area (Å²) >= 11 is 0. The highest BCUT2D eigenvalue weighted by Gasteiger charge is 2.23. The van der Waals surface area contributed by atoms with E-state index in [9.17, 15) is 18.8 Å². The molecule has 0 radical (unpaired) electrons. The molecule has 0 aliphatic carbocycles. The monoisotopic (exact) mass is 376 g/mol. The summed E-state index contributed by atoms with van der Waals surface area (Å²) in [5, 5.41) is 0. The fraction of sp³-hybridized carbons (Fsp3) is 0.421. The van der Waals surface area contributed by atoms with E-state index >= 15 is 0 Å². The number of carbonyl (C=O) groups is 1. The number of hydrogen-bond donors (Lipinski definition) is 1. The third-order valence-electron chi connectivity index (χ3n) is 4.32. The molecule has 0 bridgehead atoms. The van der Waals surface area contributed by atoms with E-state index in [0.717, 1.165) is 4.57 Å². The molecule has 8 heteroatoms. The van der Waals surface area contributed by atoms with Crippen molar-refractivity contribution in [3.05, 3.63) is 56.5 Å². The van der Waals surface area contributed by atoms with Crippen molar-refractivity contribution in [1.82, 2.24) is 9.13 Å². The predicted octanol–water partition coefficient (Wildman–Crippen LogP) is 1.63. The molecule has 0 unspecified atom stereocenters. The maximum Gasteiger partial charge on any atom is 0.332 e. The quantitative estimate of drug-likeness (QED) is 0.742. The van der Waals surface area contributed by atoms with E-state index in [4.69, 9.17) is 5.73 Å². The van der Waals surface area contributed by atoms with Gasteiger partial charge in [0.2, 0.25) is 0 Å². The molecule has 7 nitrogen and oxygen atoms in total. The van der Waals surface area contributed by atoms with Crippen LogP contribution in [0.15, 0.2) is 33.9 Å². The van der Waals surface area contributed by atoms with Crippen LogP contribution in [-0.4, -0.2) is 28.0 Å². The molecular formula is C19H25FN4O3. The van der Waals surface area contributed by atoms with Crippen LogP contribution in [0.3, 0.4) is 0 Å². The Morgan fingerprint density at radius 1 is 1.22 bits per heavy atom. The summed E-state index contributed by atoms with van der Waals surface area (Å²) in [7, 11) is 1.33. The van der Waals surface area contributed by atoms with Crippen molar-refractivity contribution in [2.24, 2.45) is 13.0 Å². The van der Waals surface area contributed by atoms with Gasteiger partial charge in [0, 0.05) is 25.8 Å². The first-order valence-corrected chi connectivity index (χ1v) is 8.80. The number of likely N-dealkylation sites (N-methyl/N-ethyl adjacent to an activating group) is 1.